The summed E-state index contributed by atoms with van der Waals surface area (Å²) in [6.07, 6.45) is 1.32. The van der Waals surface area contributed by atoms with Gasteiger partial charge in [0.05, 0.1) is 19.0 Å². The quantitative estimate of drug-likeness (QED) is 0.872. The maximum atomic E-state index is 11.1. The van der Waals surface area contributed by atoms with Gasteiger partial charge in [0.15, 0.2) is 0 Å². The number of carbonyl (C=O) groups is 1. The predicted molar refractivity (Wildman–Crippen MR) is 67.0 cm³/mol. The molecule has 94 valence electrons. The molecular formula is C13H14N2O3. The van der Waals surface area contributed by atoms with Crippen molar-refractivity contribution in [3.63, 3.8) is 0 Å². The van der Waals surface area contributed by atoms with E-state index in [4.69, 9.17) is 9.84 Å². The Hall–Kier alpha value is -2.30. The van der Waals surface area contributed by atoms with Gasteiger partial charge < -0.3 is 9.84 Å². The SMILES string of the molecule is COc1ccc(-c2[nH]ncc2C(=O)O)c(C)c1C. The zero-order valence-corrected chi connectivity index (χ0v) is 10.4. The van der Waals surface area contributed by atoms with Gasteiger partial charge in [0.25, 0.3) is 0 Å². The van der Waals surface area contributed by atoms with Crippen molar-refractivity contribution in [2.45, 2.75) is 13.8 Å². The number of methoxy groups -OCH3 is 1. The van der Waals surface area contributed by atoms with E-state index in [2.05, 4.69) is 10.2 Å². The number of aromatic carboxylic acids is 1. The molecular weight excluding hydrogens is 232 g/mol. The summed E-state index contributed by atoms with van der Waals surface area (Å²) in [6.45, 7) is 3.87. The maximum absolute atomic E-state index is 11.1. The number of benzene rings is 1. The third kappa shape index (κ3) is 1.84. The van der Waals surface area contributed by atoms with Crippen LogP contribution < -0.4 is 4.74 Å². The van der Waals surface area contributed by atoms with Crippen LogP contribution in [0.15, 0.2) is 18.3 Å². The highest BCUT2D eigenvalue weighted by atomic mass is 16.5. The Kier molecular flexibility index (Phi) is 3.06. The van der Waals surface area contributed by atoms with Crippen LogP contribution >= 0.6 is 0 Å². The maximum Gasteiger partial charge on any atom is 0.339 e. The number of nitrogens with zero attached hydrogens (tertiary/aromatic N) is 1. The molecule has 2 N–H and O–H groups in total. The Bertz CT molecular complexity index is 602. The van der Waals surface area contributed by atoms with Gasteiger partial charge in [-0.3, -0.25) is 5.10 Å². The monoisotopic (exact) mass is 246 g/mol. The van der Waals surface area contributed by atoms with Crippen LogP contribution in [0.1, 0.15) is 21.5 Å². The fraction of sp³-hybridized carbons (Fsp3) is 0.231. The van der Waals surface area contributed by atoms with Gasteiger partial charge in [0.2, 0.25) is 0 Å². The van der Waals surface area contributed by atoms with Crippen molar-refractivity contribution in [3.05, 3.63) is 35.0 Å². The van der Waals surface area contributed by atoms with Crippen molar-refractivity contribution in [1.29, 1.82) is 0 Å². The van der Waals surface area contributed by atoms with Gasteiger partial charge in [-0.2, -0.15) is 5.10 Å². The van der Waals surface area contributed by atoms with E-state index in [1.54, 1.807) is 7.11 Å². The van der Waals surface area contributed by atoms with E-state index in [9.17, 15) is 4.79 Å². The van der Waals surface area contributed by atoms with Crippen molar-refractivity contribution in [2.24, 2.45) is 0 Å². The molecule has 2 aromatic rings. The van der Waals surface area contributed by atoms with E-state index >= 15 is 0 Å². The first-order valence-corrected chi connectivity index (χ1v) is 5.47. The summed E-state index contributed by atoms with van der Waals surface area (Å²) in [4.78, 5) is 11.1. The smallest absolute Gasteiger partial charge is 0.339 e. The number of aromatic nitrogens is 2. The summed E-state index contributed by atoms with van der Waals surface area (Å²) in [5, 5.41) is 15.6. The van der Waals surface area contributed by atoms with E-state index in [0.29, 0.717) is 5.69 Å². The molecule has 0 atom stereocenters. The minimum Gasteiger partial charge on any atom is -0.496 e. The summed E-state index contributed by atoms with van der Waals surface area (Å²) in [5.41, 5.74) is 3.47. The van der Waals surface area contributed by atoms with Gasteiger partial charge in [-0.25, -0.2) is 4.79 Å². The highest BCUT2D eigenvalue weighted by Gasteiger charge is 2.17. The molecule has 2 rings (SSSR count). The van der Waals surface area contributed by atoms with E-state index in [-0.39, 0.29) is 5.56 Å². The summed E-state index contributed by atoms with van der Waals surface area (Å²) in [5.74, 6) is -0.209. The number of aromatic amines is 1. The molecule has 1 heterocycles. The number of H-pyrrole nitrogens is 1. The largest absolute Gasteiger partial charge is 0.496 e. The van der Waals surface area contributed by atoms with Crippen LogP contribution in [-0.4, -0.2) is 28.4 Å². The van der Waals surface area contributed by atoms with E-state index in [1.165, 1.54) is 6.20 Å². The minimum atomic E-state index is -0.994. The average Bonchev–Trinajstić information content (AvgIpc) is 2.81. The van der Waals surface area contributed by atoms with Crippen molar-refractivity contribution >= 4 is 5.97 Å². The van der Waals surface area contributed by atoms with Crippen LogP contribution in [0.3, 0.4) is 0 Å². The van der Waals surface area contributed by atoms with Crippen molar-refractivity contribution in [1.82, 2.24) is 10.2 Å². The van der Waals surface area contributed by atoms with Gasteiger partial charge >= 0.3 is 5.97 Å². The molecule has 18 heavy (non-hydrogen) atoms. The van der Waals surface area contributed by atoms with Crippen molar-refractivity contribution < 1.29 is 14.6 Å². The zero-order chi connectivity index (χ0) is 13.3. The Morgan fingerprint density at radius 1 is 1.33 bits per heavy atom. The lowest BCUT2D eigenvalue weighted by atomic mass is 9.98. The van der Waals surface area contributed by atoms with Crippen molar-refractivity contribution in [3.8, 4) is 17.0 Å². The van der Waals surface area contributed by atoms with Gasteiger partial charge in [0, 0.05) is 5.56 Å². The lowest BCUT2D eigenvalue weighted by molar-refractivity contribution is 0.0698. The number of ether oxygens (including phenoxy) is 1. The first kappa shape index (κ1) is 12.2. The third-order valence-electron chi connectivity index (χ3n) is 3.10. The number of carboxylic acid groups (broad SMARTS) is 1. The van der Waals surface area contributed by atoms with Crippen LogP contribution in [0, 0.1) is 13.8 Å². The molecule has 1 aromatic heterocycles. The lowest BCUT2D eigenvalue weighted by Crippen LogP contribution is -1.99. The minimum absolute atomic E-state index is 0.169. The second-order valence-electron chi connectivity index (χ2n) is 4.03. The molecule has 0 radical (unpaired) electrons. The van der Waals surface area contributed by atoms with E-state index < -0.39 is 5.97 Å². The summed E-state index contributed by atoms with van der Waals surface area (Å²) in [6, 6.07) is 3.66. The standard InChI is InChI=1S/C13H14N2O3/c1-7-8(2)11(18-3)5-4-9(7)12-10(13(16)17)6-14-15-12/h4-6H,1-3H3,(H,14,15)(H,16,17). The van der Waals surface area contributed by atoms with Gasteiger partial charge in [-0.05, 0) is 37.1 Å². The Balaban J connectivity index is 2.62. The highest BCUT2D eigenvalue weighted by molar-refractivity contribution is 5.95. The molecule has 5 heteroatoms. The molecule has 0 aliphatic rings. The van der Waals surface area contributed by atoms with E-state index in [1.807, 2.05) is 26.0 Å². The number of hydrogen-bond donors (Lipinski definition) is 2. The second-order valence-corrected chi connectivity index (χ2v) is 4.03. The summed E-state index contributed by atoms with van der Waals surface area (Å²) < 4.78 is 5.23. The fourth-order valence-corrected chi connectivity index (χ4v) is 1.94. The molecule has 0 fully saturated rings. The summed E-state index contributed by atoms with van der Waals surface area (Å²) >= 11 is 0. The lowest BCUT2D eigenvalue weighted by Gasteiger charge is -2.12. The molecule has 1 aromatic carbocycles. The number of nitrogens with one attached hydrogen (secondary N) is 1. The average molecular weight is 246 g/mol. The molecule has 5 nitrogen and oxygen atoms in total. The Labute approximate surface area is 104 Å². The van der Waals surface area contributed by atoms with Crippen LogP contribution in [-0.2, 0) is 0 Å². The van der Waals surface area contributed by atoms with Crippen molar-refractivity contribution in [2.75, 3.05) is 7.11 Å². The second kappa shape index (κ2) is 4.52. The van der Waals surface area contributed by atoms with Crippen LogP contribution in [0.2, 0.25) is 0 Å². The molecule has 0 spiro atoms. The zero-order valence-electron chi connectivity index (χ0n) is 10.4. The molecule has 0 aliphatic heterocycles. The summed E-state index contributed by atoms with van der Waals surface area (Å²) in [7, 11) is 1.61. The topological polar surface area (TPSA) is 75.2 Å². The number of carboxylic acids is 1. The first-order valence-electron chi connectivity index (χ1n) is 5.47. The fourth-order valence-electron chi connectivity index (χ4n) is 1.94. The molecule has 0 saturated carbocycles. The van der Waals surface area contributed by atoms with E-state index in [0.717, 1.165) is 22.4 Å². The highest BCUT2D eigenvalue weighted by Crippen LogP contribution is 2.31. The molecule has 0 amide bonds. The van der Waals surface area contributed by atoms with Crippen LogP contribution in [0.4, 0.5) is 0 Å². The first-order chi connectivity index (χ1) is 8.56. The number of hydrogen-bond acceptors (Lipinski definition) is 3. The molecule has 0 bridgehead atoms. The molecule has 0 aliphatic carbocycles. The van der Waals surface area contributed by atoms with Crippen LogP contribution in [0.25, 0.3) is 11.3 Å². The molecule has 0 unspecified atom stereocenters. The Morgan fingerprint density at radius 3 is 2.67 bits per heavy atom. The van der Waals surface area contributed by atoms with Gasteiger partial charge in [-0.15, -0.1) is 0 Å². The van der Waals surface area contributed by atoms with Gasteiger partial charge in [-0.1, -0.05) is 0 Å². The normalized spacial score (nSPS) is 10.4. The predicted octanol–water partition coefficient (Wildman–Crippen LogP) is 2.40. The van der Waals surface area contributed by atoms with Crippen LogP contribution in [0.5, 0.6) is 5.75 Å². The Morgan fingerprint density at radius 2 is 2.06 bits per heavy atom. The van der Waals surface area contributed by atoms with Gasteiger partial charge in [0.1, 0.15) is 11.3 Å². The third-order valence-corrected chi connectivity index (χ3v) is 3.10. The number of rotatable bonds is 3. The molecule has 0 saturated heterocycles.